The van der Waals surface area contributed by atoms with Crippen molar-refractivity contribution in [3.05, 3.63) is 69.2 Å². The van der Waals surface area contributed by atoms with E-state index in [4.69, 9.17) is 4.98 Å². The second-order valence-corrected chi connectivity index (χ2v) is 9.10. The largest absolute Gasteiger partial charge is 0.325 e. The number of piperazine rings is 1. The molecule has 0 saturated carbocycles. The summed E-state index contributed by atoms with van der Waals surface area (Å²) >= 11 is 5.02. The maximum Gasteiger partial charge on any atom is 0.238 e. The summed E-state index contributed by atoms with van der Waals surface area (Å²) in [7, 11) is 0. The van der Waals surface area contributed by atoms with Crippen LogP contribution in [0.1, 0.15) is 5.01 Å². The average Bonchev–Trinajstić information content (AvgIpc) is 3.20. The summed E-state index contributed by atoms with van der Waals surface area (Å²) in [6, 6.07) is 14.0. The van der Waals surface area contributed by atoms with Gasteiger partial charge in [0.15, 0.2) is 0 Å². The van der Waals surface area contributed by atoms with Gasteiger partial charge in [0, 0.05) is 47.3 Å². The lowest BCUT2D eigenvalue weighted by atomic mass is 10.2. The van der Waals surface area contributed by atoms with Crippen molar-refractivity contribution in [1.29, 1.82) is 0 Å². The minimum atomic E-state index is -0.238. The van der Waals surface area contributed by atoms with Gasteiger partial charge in [-0.3, -0.25) is 14.6 Å². The second kappa shape index (κ2) is 9.78. The number of halogens is 2. The van der Waals surface area contributed by atoms with Crippen molar-refractivity contribution in [1.82, 2.24) is 14.8 Å². The quantitative estimate of drug-likeness (QED) is 0.556. The molecule has 1 saturated heterocycles. The number of carbonyl (C=O) groups excluding carboxylic acids is 1. The Bertz CT molecular complexity index is 985. The van der Waals surface area contributed by atoms with Crippen LogP contribution in [0.5, 0.6) is 0 Å². The molecule has 5 nitrogen and oxygen atoms in total. The van der Waals surface area contributed by atoms with Crippen molar-refractivity contribution in [2.24, 2.45) is 0 Å². The molecule has 1 fully saturated rings. The van der Waals surface area contributed by atoms with E-state index in [-0.39, 0.29) is 11.7 Å². The van der Waals surface area contributed by atoms with E-state index in [9.17, 15) is 9.18 Å². The van der Waals surface area contributed by atoms with Crippen molar-refractivity contribution in [2.45, 2.75) is 6.54 Å². The van der Waals surface area contributed by atoms with Crippen LogP contribution in [0.3, 0.4) is 0 Å². The number of amides is 1. The molecule has 0 aliphatic carbocycles. The molecular formula is C22H22BrFN4OS. The number of carbonyl (C=O) groups is 1. The maximum atomic E-state index is 13.1. The first kappa shape index (κ1) is 21.1. The first-order valence-corrected chi connectivity index (χ1v) is 11.4. The number of benzene rings is 2. The van der Waals surface area contributed by atoms with Gasteiger partial charge in [-0.1, -0.05) is 15.9 Å². The molecule has 2 heterocycles. The zero-order chi connectivity index (χ0) is 20.9. The van der Waals surface area contributed by atoms with Crippen LogP contribution in [0.2, 0.25) is 0 Å². The van der Waals surface area contributed by atoms with E-state index in [0.717, 1.165) is 59.1 Å². The lowest BCUT2D eigenvalue weighted by molar-refractivity contribution is -0.117. The topological polar surface area (TPSA) is 48.5 Å². The predicted molar refractivity (Wildman–Crippen MR) is 122 cm³/mol. The fourth-order valence-corrected chi connectivity index (χ4v) is 4.48. The molecule has 0 radical (unpaired) electrons. The third-order valence-corrected chi connectivity index (χ3v) is 6.37. The van der Waals surface area contributed by atoms with Crippen molar-refractivity contribution in [3.8, 4) is 11.3 Å². The summed E-state index contributed by atoms with van der Waals surface area (Å²) in [6.45, 7) is 4.70. The Balaban J connectivity index is 1.23. The van der Waals surface area contributed by atoms with Gasteiger partial charge in [-0.2, -0.15) is 0 Å². The number of anilines is 1. The van der Waals surface area contributed by atoms with Crippen LogP contribution in [0.4, 0.5) is 10.1 Å². The van der Waals surface area contributed by atoms with Gasteiger partial charge in [0.25, 0.3) is 0 Å². The van der Waals surface area contributed by atoms with Crippen molar-refractivity contribution < 1.29 is 9.18 Å². The Morgan fingerprint density at radius 3 is 2.40 bits per heavy atom. The predicted octanol–water partition coefficient (Wildman–Crippen LogP) is 4.47. The molecule has 8 heteroatoms. The molecule has 156 valence electrons. The first-order valence-electron chi connectivity index (χ1n) is 9.76. The summed E-state index contributed by atoms with van der Waals surface area (Å²) in [5.41, 5.74) is 2.63. The third kappa shape index (κ3) is 5.72. The van der Waals surface area contributed by atoms with Crippen LogP contribution in [0.25, 0.3) is 11.3 Å². The zero-order valence-corrected chi connectivity index (χ0v) is 18.8. The fraction of sp³-hybridized carbons (Fsp3) is 0.273. The molecule has 0 unspecified atom stereocenters. The average molecular weight is 489 g/mol. The molecule has 2 aromatic carbocycles. The number of rotatable bonds is 6. The number of hydrogen-bond donors (Lipinski definition) is 1. The highest BCUT2D eigenvalue weighted by atomic mass is 79.9. The highest BCUT2D eigenvalue weighted by Gasteiger charge is 2.20. The zero-order valence-electron chi connectivity index (χ0n) is 16.4. The molecule has 4 rings (SSSR count). The molecular weight excluding hydrogens is 467 g/mol. The minimum Gasteiger partial charge on any atom is -0.325 e. The van der Waals surface area contributed by atoms with E-state index in [1.807, 2.05) is 29.6 Å². The van der Waals surface area contributed by atoms with Crippen LogP contribution in [0, 0.1) is 5.82 Å². The summed E-state index contributed by atoms with van der Waals surface area (Å²) in [4.78, 5) is 21.5. The molecule has 30 heavy (non-hydrogen) atoms. The van der Waals surface area contributed by atoms with E-state index < -0.39 is 0 Å². The molecule has 1 N–H and O–H groups in total. The highest BCUT2D eigenvalue weighted by molar-refractivity contribution is 9.10. The standard InChI is InChI=1S/C22H22BrFN4OS/c23-17-3-7-19(8-4-17)25-21(29)13-27-9-11-28(12-10-27)14-22-26-20(15-30-22)16-1-5-18(24)6-2-16/h1-8,15H,9-14H2,(H,25,29). The summed E-state index contributed by atoms with van der Waals surface area (Å²) in [6.07, 6.45) is 0. The Morgan fingerprint density at radius 2 is 1.70 bits per heavy atom. The van der Waals surface area contributed by atoms with Gasteiger partial charge in [0.05, 0.1) is 18.8 Å². The van der Waals surface area contributed by atoms with Crippen LogP contribution in [0.15, 0.2) is 58.4 Å². The fourth-order valence-electron chi connectivity index (χ4n) is 3.37. The molecule has 1 aliphatic heterocycles. The number of nitrogens with one attached hydrogen (secondary N) is 1. The summed E-state index contributed by atoms with van der Waals surface area (Å²) in [5.74, 6) is -0.229. The highest BCUT2D eigenvalue weighted by Crippen LogP contribution is 2.23. The third-order valence-electron chi connectivity index (χ3n) is 5.01. The van der Waals surface area contributed by atoms with Crippen LogP contribution < -0.4 is 5.32 Å². The van der Waals surface area contributed by atoms with Crippen molar-refractivity contribution >= 4 is 38.9 Å². The normalized spacial score (nSPS) is 15.3. The smallest absolute Gasteiger partial charge is 0.238 e. The van der Waals surface area contributed by atoms with Gasteiger partial charge in [0.1, 0.15) is 10.8 Å². The molecule has 0 bridgehead atoms. The van der Waals surface area contributed by atoms with Gasteiger partial charge in [-0.05, 0) is 48.5 Å². The van der Waals surface area contributed by atoms with E-state index >= 15 is 0 Å². The lowest BCUT2D eigenvalue weighted by Gasteiger charge is -2.33. The van der Waals surface area contributed by atoms with Crippen molar-refractivity contribution in [2.75, 3.05) is 38.0 Å². The molecule has 0 spiro atoms. The van der Waals surface area contributed by atoms with Gasteiger partial charge >= 0.3 is 0 Å². The van der Waals surface area contributed by atoms with Crippen molar-refractivity contribution in [3.63, 3.8) is 0 Å². The Morgan fingerprint density at radius 1 is 1.03 bits per heavy atom. The van der Waals surface area contributed by atoms with E-state index in [2.05, 4.69) is 31.0 Å². The molecule has 0 atom stereocenters. The summed E-state index contributed by atoms with van der Waals surface area (Å²) in [5, 5.41) is 6.01. The van der Waals surface area contributed by atoms with E-state index in [1.165, 1.54) is 12.1 Å². The number of thiazole rings is 1. The number of hydrogen-bond acceptors (Lipinski definition) is 5. The molecule has 3 aromatic rings. The van der Waals surface area contributed by atoms with Crippen LogP contribution in [-0.4, -0.2) is 53.4 Å². The first-order chi connectivity index (χ1) is 14.5. The Kier molecular flexibility index (Phi) is 6.89. The van der Waals surface area contributed by atoms with Gasteiger partial charge in [0.2, 0.25) is 5.91 Å². The molecule has 1 aliphatic rings. The number of nitrogens with zero attached hydrogens (tertiary/aromatic N) is 3. The van der Waals surface area contributed by atoms with Gasteiger partial charge in [-0.15, -0.1) is 11.3 Å². The van der Waals surface area contributed by atoms with E-state index in [1.54, 1.807) is 23.5 Å². The Labute approximate surface area is 187 Å². The van der Waals surface area contributed by atoms with Gasteiger partial charge in [-0.25, -0.2) is 9.37 Å². The van der Waals surface area contributed by atoms with Gasteiger partial charge < -0.3 is 5.32 Å². The number of aromatic nitrogens is 1. The second-order valence-electron chi connectivity index (χ2n) is 7.24. The monoisotopic (exact) mass is 488 g/mol. The lowest BCUT2D eigenvalue weighted by Crippen LogP contribution is -2.48. The molecule has 1 amide bonds. The Hall–Kier alpha value is -2.13. The van der Waals surface area contributed by atoms with Crippen LogP contribution in [-0.2, 0) is 11.3 Å². The minimum absolute atomic E-state index is 0.00892. The SMILES string of the molecule is O=C(CN1CCN(Cc2nc(-c3ccc(F)cc3)cs2)CC1)Nc1ccc(Br)cc1. The van der Waals surface area contributed by atoms with E-state index in [0.29, 0.717) is 6.54 Å². The van der Waals surface area contributed by atoms with Crippen LogP contribution >= 0.6 is 27.3 Å². The molecule has 1 aromatic heterocycles. The maximum absolute atomic E-state index is 13.1. The summed E-state index contributed by atoms with van der Waals surface area (Å²) < 4.78 is 14.1.